The topological polar surface area (TPSA) is 72.7 Å². The molecular formula is C9H19N5OS. The van der Waals surface area contributed by atoms with Gasteiger partial charge in [-0.05, 0) is 30.3 Å². The van der Waals surface area contributed by atoms with E-state index in [9.17, 15) is 4.21 Å². The third-order valence-electron chi connectivity index (χ3n) is 2.33. The SMILES string of the molecule is CCNCc1nnnn1C(C)CCS(C)=O. The summed E-state index contributed by atoms with van der Waals surface area (Å²) in [4.78, 5) is 0. The molecule has 0 aliphatic carbocycles. The van der Waals surface area contributed by atoms with Crippen molar-refractivity contribution in [2.45, 2.75) is 32.9 Å². The summed E-state index contributed by atoms with van der Waals surface area (Å²) in [7, 11) is -0.757. The van der Waals surface area contributed by atoms with E-state index in [1.54, 1.807) is 10.9 Å². The van der Waals surface area contributed by atoms with Crippen LogP contribution >= 0.6 is 0 Å². The lowest BCUT2D eigenvalue weighted by molar-refractivity contribution is 0.442. The minimum Gasteiger partial charge on any atom is -0.310 e. The Bertz CT molecular complexity index is 340. The molecule has 1 heterocycles. The van der Waals surface area contributed by atoms with Crippen LogP contribution in [0, 0.1) is 0 Å². The first-order valence-electron chi connectivity index (χ1n) is 5.42. The highest BCUT2D eigenvalue weighted by Crippen LogP contribution is 2.10. The fourth-order valence-corrected chi connectivity index (χ4v) is 2.04. The molecule has 2 atom stereocenters. The molecule has 0 saturated carbocycles. The molecule has 1 aromatic heterocycles. The quantitative estimate of drug-likeness (QED) is 0.738. The maximum absolute atomic E-state index is 11.0. The van der Waals surface area contributed by atoms with Gasteiger partial charge >= 0.3 is 0 Å². The van der Waals surface area contributed by atoms with Crippen molar-refractivity contribution in [1.29, 1.82) is 0 Å². The molecule has 1 aromatic rings. The summed E-state index contributed by atoms with van der Waals surface area (Å²) in [6, 6.07) is 0.188. The van der Waals surface area contributed by atoms with E-state index in [0.717, 1.165) is 18.8 Å². The van der Waals surface area contributed by atoms with Crippen molar-refractivity contribution in [3.63, 3.8) is 0 Å². The molecule has 0 fully saturated rings. The molecule has 0 aromatic carbocycles. The lowest BCUT2D eigenvalue weighted by atomic mass is 10.2. The molecule has 0 aliphatic heterocycles. The molecule has 1 rings (SSSR count). The molecule has 16 heavy (non-hydrogen) atoms. The van der Waals surface area contributed by atoms with E-state index in [1.807, 2.05) is 13.8 Å². The van der Waals surface area contributed by atoms with Gasteiger partial charge in [0.05, 0.1) is 12.6 Å². The fourth-order valence-electron chi connectivity index (χ4n) is 1.37. The summed E-state index contributed by atoms with van der Waals surface area (Å²) < 4.78 is 12.8. The van der Waals surface area contributed by atoms with E-state index in [0.29, 0.717) is 12.3 Å². The standard InChI is InChI=1S/C9H19N5OS/c1-4-10-7-9-11-12-13-14(9)8(2)5-6-16(3)15/h8,10H,4-7H2,1-3H3. The summed E-state index contributed by atoms with van der Waals surface area (Å²) in [5.74, 6) is 1.51. The van der Waals surface area contributed by atoms with Gasteiger partial charge in [0, 0.05) is 22.8 Å². The molecule has 1 N–H and O–H groups in total. The Morgan fingerprint density at radius 3 is 2.94 bits per heavy atom. The first-order valence-corrected chi connectivity index (χ1v) is 7.15. The highest BCUT2D eigenvalue weighted by Gasteiger charge is 2.12. The summed E-state index contributed by atoms with van der Waals surface area (Å²) in [5.41, 5.74) is 0. The van der Waals surface area contributed by atoms with Crippen LogP contribution in [0.15, 0.2) is 0 Å². The van der Waals surface area contributed by atoms with E-state index in [-0.39, 0.29) is 6.04 Å². The molecule has 0 radical (unpaired) electrons. The normalized spacial score (nSPS) is 14.9. The molecule has 6 nitrogen and oxygen atoms in total. The van der Waals surface area contributed by atoms with Crippen LogP contribution in [0.2, 0.25) is 0 Å². The molecule has 2 unspecified atom stereocenters. The van der Waals surface area contributed by atoms with Crippen molar-refractivity contribution in [1.82, 2.24) is 25.5 Å². The average molecular weight is 245 g/mol. The zero-order valence-corrected chi connectivity index (χ0v) is 10.8. The smallest absolute Gasteiger partial charge is 0.165 e. The lowest BCUT2D eigenvalue weighted by Crippen LogP contribution is -2.19. The number of hydrogen-bond acceptors (Lipinski definition) is 5. The van der Waals surface area contributed by atoms with Gasteiger partial charge in [-0.3, -0.25) is 4.21 Å². The average Bonchev–Trinajstić information content (AvgIpc) is 2.71. The van der Waals surface area contributed by atoms with E-state index >= 15 is 0 Å². The minimum absolute atomic E-state index is 0.188. The predicted molar refractivity (Wildman–Crippen MR) is 63.5 cm³/mol. The van der Waals surface area contributed by atoms with Crippen LogP contribution in [0.3, 0.4) is 0 Å². The van der Waals surface area contributed by atoms with Gasteiger partial charge < -0.3 is 5.32 Å². The number of rotatable bonds is 7. The minimum atomic E-state index is -0.757. The van der Waals surface area contributed by atoms with Gasteiger partial charge in [0.1, 0.15) is 0 Å². The van der Waals surface area contributed by atoms with Crippen LogP contribution < -0.4 is 5.32 Å². The molecule has 0 spiro atoms. The number of nitrogens with zero attached hydrogens (tertiary/aromatic N) is 4. The molecule has 0 bridgehead atoms. The maximum atomic E-state index is 11.0. The Kier molecular flexibility index (Phi) is 5.54. The van der Waals surface area contributed by atoms with E-state index in [1.165, 1.54) is 0 Å². The van der Waals surface area contributed by atoms with Gasteiger partial charge in [0.2, 0.25) is 0 Å². The van der Waals surface area contributed by atoms with Crippen LogP contribution in [0.25, 0.3) is 0 Å². The molecule has 0 aliphatic rings. The van der Waals surface area contributed by atoms with Crippen LogP contribution in [-0.2, 0) is 17.3 Å². The molecular weight excluding hydrogens is 226 g/mol. The van der Waals surface area contributed by atoms with Gasteiger partial charge in [-0.1, -0.05) is 6.92 Å². The first-order chi connectivity index (χ1) is 7.65. The Hall–Kier alpha value is -0.820. The highest BCUT2D eigenvalue weighted by molar-refractivity contribution is 7.84. The number of hydrogen-bond donors (Lipinski definition) is 1. The Morgan fingerprint density at radius 1 is 1.56 bits per heavy atom. The highest BCUT2D eigenvalue weighted by atomic mass is 32.2. The van der Waals surface area contributed by atoms with Crippen LogP contribution in [-0.4, -0.2) is 43.0 Å². The van der Waals surface area contributed by atoms with Crippen molar-refractivity contribution < 1.29 is 4.21 Å². The molecule has 0 amide bonds. The van der Waals surface area contributed by atoms with E-state index in [2.05, 4.69) is 20.8 Å². The largest absolute Gasteiger partial charge is 0.310 e. The number of nitrogens with one attached hydrogen (secondary N) is 1. The van der Waals surface area contributed by atoms with Gasteiger partial charge in [-0.15, -0.1) is 5.10 Å². The number of tetrazole rings is 1. The molecule has 0 saturated heterocycles. The number of aromatic nitrogens is 4. The van der Waals surface area contributed by atoms with Gasteiger partial charge in [0.15, 0.2) is 5.82 Å². The van der Waals surface area contributed by atoms with Crippen molar-refractivity contribution in [2.75, 3.05) is 18.6 Å². The Morgan fingerprint density at radius 2 is 2.31 bits per heavy atom. The zero-order chi connectivity index (χ0) is 12.0. The zero-order valence-electron chi connectivity index (χ0n) is 10.0. The summed E-state index contributed by atoms with van der Waals surface area (Å²) >= 11 is 0. The van der Waals surface area contributed by atoms with Crippen molar-refractivity contribution >= 4 is 10.8 Å². The second-order valence-corrected chi connectivity index (χ2v) is 5.29. The maximum Gasteiger partial charge on any atom is 0.165 e. The third kappa shape index (κ3) is 3.97. The second kappa shape index (κ2) is 6.70. The first kappa shape index (κ1) is 13.2. The Labute approximate surface area is 98.3 Å². The van der Waals surface area contributed by atoms with Gasteiger partial charge in [-0.25, -0.2) is 4.68 Å². The van der Waals surface area contributed by atoms with Crippen molar-refractivity contribution in [3.05, 3.63) is 5.82 Å². The predicted octanol–water partition coefficient (Wildman–Crippen LogP) is 0.112. The second-order valence-electron chi connectivity index (χ2n) is 3.74. The lowest BCUT2D eigenvalue weighted by Gasteiger charge is -2.12. The molecule has 7 heteroatoms. The van der Waals surface area contributed by atoms with Gasteiger partial charge in [0.25, 0.3) is 0 Å². The summed E-state index contributed by atoms with van der Waals surface area (Å²) in [5, 5.41) is 14.8. The Balaban J connectivity index is 2.56. The van der Waals surface area contributed by atoms with Gasteiger partial charge in [-0.2, -0.15) is 0 Å². The third-order valence-corrected chi connectivity index (χ3v) is 3.15. The summed E-state index contributed by atoms with van der Waals surface area (Å²) in [6.07, 6.45) is 2.54. The van der Waals surface area contributed by atoms with Crippen LogP contribution in [0.5, 0.6) is 0 Å². The van der Waals surface area contributed by atoms with Crippen LogP contribution in [0.4, 0.5) is 0 Å². The monoisotopic (exact) mass is 245 g/mol. The van der Waals surface area contributed by atoms with E-state index < -0.39 is 10.8 Å². The van der Waals surface area contributed by atoms with Crippen molar-refractivity contribution in [2.24, 2.45) is 0 Å². The molecule has 92 valence electrons. The van der Waals surface area contributed by atoms with Crippen molar-refractivity contribution in [3.8, 4) is 0 Å². The summed E-state index contributed by atoms with van der Waals surface area (Å²) in [6.45, 7) is 5.64. The van der Waals surface area contributed by atoms with Crippen LogP contribution in [0.1, 0.15) is 32.1 Å². The fraction of sp³-hybridized carbons (Fsp3) is 0.889. The van der Waals surface area contributed by atoms with E-state index in [4.69, 9.17) is 0 Å².